The molecule has 81 heavy (non-hydrogen) atoms. The zero-order valence-corrected chi connectivity index (χ0v) is 49.0. The summed E-state index contributed by atoms with van der Waals surface area (Å²) in [7, 11) is 1.75. The monoisotopic (exact) mass is 1050 g/mol. The number of rotatable bonds is 9. The van der Waals surface area contributed by atoms with E-state index in [0.29, 0.717) is 0 Å². The molecule has 0 aliphatic heterocycles. The van der Waals surface area contributed by atoms with Gasteiger partial charge in [0.05, 0.1) is 11.2 Å². The van der Waals surface area contributed by atoms with Crippen molar-refractivity contribution in [1.82, 2.24) is 0 Å². The van der Waals surface area contributed by atoms with Crippen molar-refractivity contribution in [2.24, 2.45) is 0 Å². The van der Waals surface area contributed by atoms with Crippen molar-refractivity contribution in [2.75, 3.05) is 0 Å². The van der Waals surface area contributed by atoms with Crippen molar-refractivity contribution in [1.29, 1.82) is 0 Å². The molecule has 1 N–H and O–H groups in total. The Hall–Kier alpha value is -7.82. The summed E-state index contributed by atoms with van der Waals surface area (Å²) in [5.41, 5.74) is 32.9. The number of aliphatic hydroxyl groups is 1. The lowest BCUT2D eigenvalue weighted by molar-refractivity contribution is -0.0893. The van der Waals surface area contributed by atoms with Gasteiger partial charge in [-0.15, -0.1) is 0 Å². The maximum atomic E-state index is 10.6. The quantitative estimate of drug-likeness (QED) is 0.146. The van der Waals surface area contributed by atoms with Crippen LogP contribution in [-0.4, -0.2) is 23.8 Å². The van der Waals surface area contributed by atoms with Crippen LogP contribution in [0.1, 0.15) is 128 Å². The molecule has 0 aromatic heterocycles. The van der Waals surface area contributed by atoms with Gasteiger partial charge in [-0.2, -0.15) is 0 Å². The topological polar surface area (TPSA) is 29.5 Å². The maximum Gasteiger partial charge on any atom is 0.330 e. The zero-order valence-electron chi connectivity index (χ0n) is 49.0. The SMILES string of the molecule is CC1(C)c2ccccc2-c2ccc(-c3ccc4c(c3)C(C)(C)c3cc(-c5ccc(-c6ccc7c(c6)C(C)(C)c6cc(-c8ccc9c(c8)C(C)(C)c8cc(-c%10ccc([B]OC(C)(C)C(C)(C)O)cc%10)ccc8-9)ccc6-7)cc5)ccc3-4)cc21. The highest BCUT2D eigenvalue weighted by Gasteiger charge is 2.41. The van der Waals surface area contributed by atoms with Crippen LogP contribution in [0.2, 0.25) is 0 Å². The molecule has 0 unspecified atom stereocenters. The van der Waals surface area contributed by atoms with E-state index in [1.165, 1.54) is 139 Å². The molecule has 14 rings (SSSR count). The van der Waals surface area contributed by atoms with E-state index >= 15 is 0 Å². The average molecular weight is 1050 g/mol. The lowest BCUT2D eigenvalue weighted by atomic mass is 9.79. The van der Waals surface area contributed by atoms with Gasteiger partial charge in [0, 0.05) is 21.7 Å². The molecule has 1 radical (unpaired) electrons. The van der Waals surface area contributed by atoms with E-state index in [4.69, 9.17) is 4.65 Å². The van der Waals surface area contributed by atoms with Crippen LogP contribution < -0.4 is 5.46 Å². The van der Waals surface area contributed by atoms with Gasteiger partial charge in [0.2, 0.25) is 0 Å². The van der Waals surface area contributed by atoms with Crippen molar-refractivity contribution in [3.63, 3.8) is 0 Å². The van der Waals surface area contributed by atoms with Gasteiger partial charge in [-0.1, -0.05) is 219 Å². The van der Waals surface area contributed by atoms with Crippen LogP contribution in [0.3, 0.4) is 0 Å². The number of hydrogen-bond acceptors (Lipinski definition) is 2. The molecule has 4 aliphatic carbocycles. The fraction of sp³-hybridized carbons (Fsp3) is 0.231. The smallest absolute Gasteiger partial charge is 0.330 e. The zero-order chi connectivity index (χ0) is 56.3. The number of benzene rings is 10. The van der Waals surface area contributed by atoms with Crippen molar-refractivity contribution in [2.45, 2.75) is 116 Å². The van der Waals surface area contributed by atoms with E-state index in [1.54, 1.807) is 21.3 Å². The Morgan fingerprint density at radius 1 is 0.284 bits per heavy atom. The second kappa shape index (κ2) is 17.6. The van der Waals surface area contributed by atoms with Crippen molar-refractivity contribution < 1.29 is 9.76 Å². The fourth-order valence-corrected chi connectivity index (χ4v) is 14.1. The summed E-state index contributed by atoms with van der Waals surface area (Å²) < 4.78 is 6.03. The number of fused-ring (bicyclic) bond motifs is 12. The van der Waals surface area contributed by atoms with Crippen LogP contribution >= 0.6 is 0 Å². The Kier molecular flexibility index (Phi) is 11.2. The number of hydrogen-bond donors (Lipinski definition) is 1. The molecule has 0 fully saturated rings. The molecule has 10 aromatic rings. The molecule has 397 valence electrons. The fourth-order valence-electron chi connectivity index (χ4n) is 14.1. The van der Waals surface area contributed by atoms with Crippen LogP contribution in [0.5, 0.6) is 0 Å². The highest BCUT2D eigenvalue weighted by atomic mass is 16.5. The third-order valence-electron chi connectivity index (χ3n) is 20.0. The summed E-state index contributed by atoms with van der Waals surface area (Å²) in [6, 6.07) is 76.3. The minimum Gasteiger partial charge on any atom is -0.427 e. The Balaban J connectivity index is 0.685. The Morgan fingerprint density at radius 3 is 0.790 bits per heavy atom. The molecule has 0 saturated carbocycles. The first-order valence-corrected chi connectivity index (χ1v) is 29.1. The molecule has 2 nitrogen and oxygen atoms in total. The van der Waals surface area contributed by atoms with E-state index in [1.807, 2.05) is 13.8 Å². The van der Waals surface area contributed by atoms with Crippen molar-refractivity contribution in [3.05, 3.63) is 245 Å². The van der Waals surface area contributed by atoms with E-state index in [9.17, 15) is 5.11 Å². The molecule has 0 amide bonds. The van der Waals surface area contributed by atoms with Crippen LogP contribution in [0, 0.1) is 0 Å². The molecule has 3 heteroatoms. The minimum atomic E-state index is -0.976. The highest BCUT2D eigenvalue weighted by Crippen LogP contribution is 2.55. The summed E-state index contributed by atoms with van der Waals surface area (Å²) >= 11 is 0. The largest absolute Gasteiger partial charge is 0.427 e. The summed E-state index contributed by atoms with van der Waals surface area (Å²) in [6.45, 7) is 26.4. The standard InChI is InChI=1S/C78H70BO2/c1-73(2)65-16-14-13-15-57(65)58-35-26-52(42-66(58)73)53-27-36-62-59-32-23-49(39-67(59)74(3,4)70(62)43-53)46-17-19-47(20-18-46)50-24-33-60-63-37-28-54(44-71(63)75(5,6)68(60)40-50)55-29-38-64-61-34-25-51(41-69(61)76(7,8)72(64)45-55)48-21-30-56(31-22-48)79-81-78(11,12)77(9,10)80/h13-45,80H,1-12H3. The molecule has 0 saturated heterocycles. The molecule has 0 bridgehead atoms. The average Bonchev–Trinajstić information content (AvgIpc) is 3.82. The summed E-state index contributed by atoms with van der Waals surface area (Å²) in [6.07, 6.45) is 0. The van der Waals surface area contributed by atoms with E-state index in [-0.39, 0.29) is 21.7 Å². The first kappa shape index (κ1) is 51.3. The van der Waals surface area contributed by atoms with E-state index < -0.39 is 11.2 Å². The molecule has 0 atom stereocenters. The van der Waals surface area contributed by atoms with Gasteiger partial charge in [0.25, 0.3) is 0 Å². The highest BCUT2D eigenvalue weighted by molar-refractivity contribution is 6.47. The Bertz CT molecular complexity index is 4270. The van der Waals surface area contributed by atoms with Crippen LogP contribution in [0.25, 0.3) is 100 Å². The van der Waals surface area contributed by atoms with E-state index in [2.05, 4.69) is 256 Å². The molecule has 10 aromatic carbocycles. The third kappa shape index (κ3) is 7.82. The summed E-state index contributed by atoms with van der Waals surface area (Å²) in [5.74, 6) is 0. The Morgan fingerprint density at radius 2 is 0.506 bits per heavy atom. The van der Waals surface area contributed by atoms with Gasteiger partial charge in [-0.25, -0.2) is 0 Å². The summed E-state index contributed by atoms with van der Waals surface area (Å²) in [5, 5.41) is 10.6. The predicted octanol–water partition coefficient (Wildman–Crippen LogP) is 19.1. The molecular weight excluding hydrogens is 980 g/mol. The lowest BCUT2D eigenvalue weighted by Crippen LogP contribution is -2.49. The predicted molar refractivity (Wildman–Crippen MR) is 341 cm³/mol. The first-order valence-electron chi connectivity index (χ1n) is 29.1. The van der Waals surface area contributed by atoms with Gasteiger partial charge in [0.15, 0.2) is 0 Å². The van der Waals surface area contributed by atoms with E-state index in [0.717, 1.165) is 11.0 Å². The van der Waals surface area contributed by atoms with Crippen LogP contribution in [0.15, 0.2) is 200 Å². The molecule has 4 aliphatic rings. The van der Waals surface area contributed by atoms with Gasteiger partial charge >= 0.3 is 7.48 Å². The second-order valence-electron chi connectivity index (χ2n) is 26.9. The van der Waals surface area contributed by atoms with Gasteiger partial charge in [0.1, 0.15) is 0 Å². The normalized spacial score (nSPS) is 15.9. The van der Waals surface area contributed by atoms with Gasteiger partial charge < -0.3 is 9.76 Å². The van der Waals surface area contributed by atoms with Crippen LogP contribution in [0.4, 0.5) is 0 Å². The molecular formula is C78H70BO2. The van der Waals surface area contributed by atoms with Crippen LogP contribution in [-0.2, 0) is 26.3 Å². The second-order valence-corrected chi connectivity index (χ2v) is 26.9. The lowest BCUT2D eigenvalue weighted by Gasteiger charge is -2.37. The minimum absolute atomic E-state index is 0.0300. The maximum absolute atomic E-state index is 10.6. The third-order valence-corrected chi connectivity index (χ3v) is 20.0. The Labute approximate surface area is 480 Å². The first-order chi connectivity index (χ1) is 38.5. The van der Waals surface area contributed by atoms with Gasteiger partial charge in [-0.3, -0.25) is 0 Å². The van der Waals surface area contributed by atoms with Gasteiger partial charge in [-0.05, 0) is 215 Å². The molecule has 0 heterocycles. The van der Waals surface area contributed by atoms with Crippen molar-refractivity contribution in [3.8, 4) is 100 Å². The summed E-state index contributed by atoms with van der Waals surface area (Å²) in [4.78, 5) is 0. The van der Waals surface area contributed by atoms with Crippen molar-refractivity contribution >= 4 is 12.9 Å². The molecule has 0 spiro atoms.